The lowest BCUT2D eigenvalue weighted by Gasteiger charge is -2.12. The van der Waals surface area contributed by atoms with Crippen LogP contribution in [0.3, 0.4) is 0 Å². The predicted molar refractivity (Wildman–Crippen MR) is 70.5 cm³/mol. The molecule has 3 nitrogen and oxygen atoms in total. The minimum atomic E-state index is -4.11. The van der Waals surface area contributed by atoms with E-state index in [2.05, 4.69) is 10.6 Å². The van der Waals surface area contributed by atoms with Crippen molar-refractivity contribution in [2.75, 3.05) is 11.9 Å². The molecule has 0 unspecified atom stereocenters. The predicted octanol–water partition coefficient (Wildman–Crippen LogP) is 2.87. The van der Waals surface area contributed by atoms with E-state index in [-0.39, 0.29) is 24.9 Å². The molecule has 0 aliphatic carbocycles. The molecular weight excluding hydrogens is 269 g/mol. The Bertz CT molecular complexity index is 449. The Morgan fingerprint density at radius 2 is 2.05 bits per heavy atom. The zero-order chi connectivity index (χ0) is 14.6. The van der Waals surface area contributed by atoms with Crippen LogP contribution in [0.25, 0.3) is 0 Å². The number of nitrogens with one attached hydrogen (secondary N) is 2. The van der Waals surface area contributed by atoms with E-state index in [0.29, 0.717) is 12.8 Å². The van der Waals surface area contributed by atoms with Crippen LogP contribution in [0.1, 0.15) is 24.8 Å². The Morgan fingerprint density at radius 3 is 2.75 bits per heavy atom. The molecule has 0 bridgehead atoms. The first kappa shape index (κ1) is 14.7. The molecule has 2 N–H and O–H groups in total. The third kappa shape index (κ3) is 4.15. The van der Waals surface area contributed by atoms with Gasteiger partial charge in [-0.1, -0.05) is 18.2 Å². The van der Waals surface area contributed by atoms with Crippen molar-refractivity contribution in [3.8, 4) is 0 Å². The summed E-state index contributed by atoms with van der Waals surface area (Å²) in [7, 11) is 0. The van der Waals surface area contributed by atoms with Crippen molar-refractivity contribution in [2.24, 2.45) is 0 Å². The summed E-state index contributed by atoms with van der Waals surface area (Å²) in [6, 6.07) is 7.35. The van der Waals surface area contributed by atoms with Crippen molar-refractivity contribution in [1.29, 1.82) is 0 Å². The molecule has 0 saturated carbocycles. The van der Waals surface area contributed by atoms with Gasteiger partial charge in [0.15, 0.2) is 0 Å². The number of amides is 1. The van der Waals surface area contributed by atoms with Gasteiger partial charge in [-0.3, -0.25) is 4.79 Å². The molecule has 1 amide bonds. The highest BCUT2D eigenvalue weighted by Crippen LogP contribution is 2.25. The summed E-state index contributed by atoms with van der Waals surface area (Å²) in [6.45, 7) is 0.281. The fourth-order valence-corrected chi connectivity index (χ4v) is 2.24. The van der Waals surface area contributed by atoms with E-state index in [1.807, 2.05) is 24.3 Å². The highest BCUT2D eigenvalue weighted by Gasteiger charge is 2.27. The third-order valence-corrected chi connectivity index (χ3v) is 3.27. The van der Waals surface area contributed by atoms with E-state index in [1.165, 1.54) is 0 Å². The van der Waals surface area contributed by atoms with Crippen LogP contribution < -0.4 is 10.6 Å². The number of para-hydroxylation sites is 1. The van der Waals surface area contributed by atoms with Gasteiger partial charge in [-0.2, -0.15) is 13.2 Å². The highest BCUT2D eigenvalue weighted by atomic mass is 19.4. The number of benzene rings is 1. The number of carbonyl (C=O) groups is 1. The van der Waals surface area contributed by atoms with Crippen LogP contribution in [0.5, 0.6) is 0 Å². The molecule has 0 aromatic heterocycles. The van der Waals surface area contributed by atoms with Crippen LogP contribution in [0.15, 0.2) is 24.3 Å². The van der Waals surface area contributed by atoms with Gasteiger partial charge in [-0.05, 0) is 24.5 Å². The first-order valence-corrected chi connectivity index (χ1v) is 6.64. The Kier molecular flexibility index (Phi) is 4.52. The fourth-order valence-electron chi connectivity index (χ4n) is 2.24. The lowest BCUT2D eigenvalue weighted by atomic mass is 10.1. The van der Waals surface area contributed by atoms with Gasteiger partial charge in [0.1, 0.15) is 6.04 Å². The molecule has 2 rings (SSSR count). The monoisotopic (exact) mass is 286 g/mol. The van der Waals surface area contributed by atoms with E-state index in [0.717, 1.165) is 11.3 Å². The van der Waals surface area contributed by atoms with Gasteiger partial charge in [0.05, 0.1) is 0 Å². The smallest absolute Gasteiger partial charge is 0.373 e. The Morgan fingerprint density at radius 1 is 1.30 bits per heavy atom. The summed E-state index contributed by atoms with van der Waals surface area (Å²) in [5, 5.41) is 5.78. The van der Waals surface area contributed by atoms with Crippen molar-refractivity contribution in [3.63, 3.8) is 0 Å². The average Bonchev–Trinajstić information content (AvgIpc) is 2.80. The number of fused-ring (bicyclic) bond motifs is 1. The van der Waals surface area contributed by atoms with Crippen LogP contribution in [-0.4, -0.2) is 24.7 Å². The lowest BCUT2D eigenvalue weighted by molar-refractivity contribution is -0.135. The first-order valence-electron chi connectivity index (χ1n) is 6.64. The molecular formula is C14H17F3N2O. The molecule has 0 radical (unpaired) electrons. The summed E-state index contributed by atoms with van der Waals surface area (Å²) in [4.78, 5) is 11.9. The largest absolute Gasteiger partial charge is 0.389 e. The first-order chi connectivity index (χ1) is 9.46. The average molecular weight is 286 g/mol. The van der Waals surface area contributed by atoms with E-state index in [9.17, 15) is 18.0 Å². The van der Waals surface area contributed by atoms with E-state index in [1.54, 1.807) is 0 Å². The number of anilines is 1. The zero-order valence-corrected chi connectivity index (χ0v) is 11.0. The summed E-state index contributed by atoms with van der Waals surface area (Å²) >= 11 is 0. The molecule has 1 aromatic rings. The summed E-state index contributed by atoms with van der Waals surface area (Å²) < 4.78 is 35.8. The van der Waals surface area contributed by atoms with Gasteiger partial charge in [-0.25, -0.2) is 0 Å². The van der Waals surface area contributed by atoms with Crippen LogP contribution in [0.2, 0.25) is 0 Å². The van der Waals surface area contributed by atoms with Crippen molar-refractivity contribution < 1.29 is 18.0 Å². The molecule has 0 fully saturated rings. The maximum absolute atomic E-state index is 11.9. The van der Waals surface area contributed by atoms with E-state index < -0.39 is 12.6 Å². The van der Waals surface area contributed by atoms with Crippen molar-refractivity contribution in [2.45, 2.75) is 37.9 Å². The molecule has 6 heteroatoms. The molecule has 0 saturated heterocycles. The van der Waals surface area contributed by atoms with Gasteiger partial charge in [0.2, 0.25) is 5.91 Å². The van der Waals surface area contributed by atoms with Gasteiger partial charge in [0, 0.05) is 25.1 Å². The topological polar surface area (TPSA) is 41.1 Å². The molecule has 110 valence electrons. The molecule has 1 heterocycles. The van der Waals surface area contributed by atoms with Crippen LogP contribution in [-0.2, 0) is 11.2 Å². The highest BCUT2D eigenvalue weighted by molar-refractivity contribution is 5.87. The summed E-state index contributed by atoms with van der Waals surface area (Å²) in [5.41, 5.74) is 2.04. The van der Waals surface area contributed by atoms with Gasteiger partial charge in [-0.15, -0.1) is 0 Å². The standard InChI is InChI=1S/C14H17F3N2O/c15-14(16,17)7-3-4-8-18-13(20)12-9-10-5-1-2-6-11(10)19-12/h1-2,5-6,12,19H,3-4,7-9H2,(H,18,20)/t12-/m0/s1. The third-order valence-electron chi connectivity index (χ3n) is 3.27. The number of alkyl halides is 3. The van der Waals surface area contributed by atoms with E-state index >= 15 is 0 Å². The van der Waals surface area contributed by atoms with Crippen molar-refractivity contribution in [1.82, 2.24) is 5.32 Å². The van der Waals surface area contributed by atoms with Crippen molar-refractivity contribution >= 4 is 11.6 Å². The maximum Gasteiger partial charge on any atom is 0.389 e. The molecule has 1 aliphatic rings. The van der Waals surface area contributed by atoms with Crippen LogP contribution in [0.4, 0.5) is 18.9 Å². The number of halogens is 3. The number of unbranched alkanes of at least 4 members (excludes halogenated alkanes) is 1. The number of hydrogen-bond donors (Lipinski definition) is 2. The second-order valence-electron chi connectivity index (χ2n) is 4.92. The molecule has 1 aromatic carbocycles. The summed E-state index contributed by atoms with van der Waals surface area (Å²) in [5.74, 6) is -0.159. The van der Waals surface area contributed by atoms with E-state index in [4.69, 9.17) is 0 Å². The maximum atomic E-state index is 11.9. The minimum absolute atomic E-state index is 0.0438. The van der Waals surface area contributed by atoms with Gasteiger partial charge < -0.3 is 10.6 Å². The number of rotatable bonds is 5. The quantitative estimate of drug-likeness (QED) is 0.817. The molecule has 20 heavy (non-hydrogen) atoms. The second kappa shape index (κ2) is 6.15. The molecule has 1 atom stereocenters. The Hall–Kier alpha value is -1.72. The van der Waals surface area contributed by atoms with Crippen molar-refractivity contribution in [3.05, 3.63) is 29.8 Å². The van der Waals surface area contributed by atoms with Crippen LogP contribution in [0, 0.1) is 0 Å². The SMILES string of the molecule is O=C(NCCCCC(F)(F)F)[C@@H]1Cc2ccccc2N1. The molecule has 1 aliphatic heterocycles. The Labute approximate surface area is 115 Å². The number of hydrogen-bond acceptors (Lipinski definition) is 2. The lowest BCUT2D eigenvalue weighted by Crippen LogP contribution is -2.38. The summed E-state index contributed by atoms with van der Waals surface area (Å²) in [6.07, 6.45) is -3.91. The second-order valence-corrected chi connectivity index (χ2v) is 4.92. The zero-order valence-electron chi connectivity index (χ0n) is 11.0. The fraction of sp³-hybridized carbons (Fsp3) is 0.500. The normalized spacial score (nSPS) is 17.4. The Balaban J connectivity index is 1.67. The number of carbonyl (C=O) groups excluding carboxylic acids is 1. The minimum Gasteiger partial charge on any atom is -0.373 e. The van der Waals surface area contributed by atoms with Gasteiger partial charge in [0.25, 0.3) is 0 Å². The van der Waals surface area contributed by atoms with Gasteiger partial charge >= 0.3 is 6.18 Å². The molecule has 0 spiro atoms. The van der Waals surface area contributed by atoms with Crippen LogP contribution >= 0.6 is 0 Å².